The Kier molecular flexibility index (Phi) is 5.97. The highest BCUT2D eigenvalue weighted by Crippen LogP contribution is 2.28. The molecule has 0 aliphatic carbocycles. The third kappa shape index (κ3) is 4.30. The van der Waals surface area contributed by atoms with E-state index in [1.807, 2.05) is 24.3 Å². The summed E-state index contributed by atoms with van der Waals surface area (Å²) in [5, 5.41) is 12.4. The zero-order valence-electron chi connectivity index (χ0n) is 9.86. The van der Waals surface area contributed by atoms with Gasteiger partial charge in [-0.15, -0.1) is 12.4 Å². The summed E-state index contributed by atoms with van der Waals surface area (Å²) in [4.78, 5) is 0. The number of phenols is 1. The van der Waals surface area contributed by atoms with Crippen molar-refractivity contribution in [1.29, 1.82) is 0 Å². The summed E-state index contributed by atoms with van der Waals surface area (Å²) in [6.07, 6.45) is 0. The number of benzene rings is 2. The summed E-state index contributed by atoms with van der Waals surface area (Å²) in [7, 11) is 0. The second-order valence-electron chi connectivity index (χ2n) is 3.86. The predicted octanol–water partition coefficient (Wildman–Crippen LogP) is 4.53. The van der Waals surface area contributed by atoms with Crippen LogP contribution in [0.4, 0.5) is 11.4 Å². The molecule has 6 heteroatoms. The maximum atomic E-state index is 9.20. The minimum Gasteiger partial charge on any atom is -0.508 e. The average Bonchev–Trinajstić information content (AvgIpc) is 2.34. The van der Waals surface area contributed by atoms with Crippen LogP contribution in [0.1, 0.15) is 5.56 Å². The van der Waals surface area contributed by atoms with E-state index in [1.165, 1.54) is 0 Å². The fraction of sp³-hybridized carbons (Fsp3) is 0.0769. The normalized spacial score (nSPS) is 9.79. The van der Waals surface area contributed by atoms with Gasteiger partial charge in [0.2, 0.25) is 0 Å². The lowest BCUT2D eigenvalue weighted by atomic mass is 10.2. The van der Waals surface area contributed by atoms with Crippen LogP contribution in [0.5, 0.6) is 5.75 Å². The van der Waals surface area contributed by atoms with Crippen LogP contribution < -0.4 is 11.1 Å². The van der Waals surface area contributed by atoms with Gasteiger partial charge in [-0.2, -0.15) is 0 Å². The minimum atomic E-state index is 0. The van der Waals surface area contributed by atoms with Crippen LogP contribution in [-0.2, 0) is 6.54 Å². The molecule has 0 saturated carbocycles. The SMILES string of the molecule is Cl.Nc1c(Br)cc(Br)cc1CNc1ccc(O)cc1. The quantitative estimate of drug-likeness (QED) is 0.516. The standard InChI is InChI=1S/C13H12Br2N2O.ClH/c14-9-5-8(13(16)12(15)6-9)7-17-10-1-3-11(18)4-2-10;/h1-6,17-18H,7,16H2;1H. The Balaban J connectivity index is 0.00000180. The van der Waals surface area contributed by atoms with Gasteiger partial charge in [0.05, 0.1) is 5.69 Å². The molecule has 0 saturated heterocycles. The summed E-state index contributed by atoms with van der Waals surface area (Å²) in [6, 6.07) is 10.8. The minimum absolute atomic E-state index is 0. The van der Waals surface area contributed by atoms with Crippen LogP contribution in [0, 0.1) is 0 Å². The van der Waals surface area contributed by atoms with Crippen molar-refractivity contribution < 1.29 is 5.11 Å². The number of aromatic hydroxyl groups is 1. The van der Waals surface area contributed by atoms with Gasteiger partial charge in [-0.1, -0.05) is 15.9 Å². The summed E-state index contributed by atoms with van der Waals surface area (Å²) in [5.74, 6) is 0.255. The first-order valence-electron chi connectivity index (χ1n) is 5.32. The summed E-state index contributed by atoms with van der Waals surface area (Å²) < 4.78 is 1.85. The van der Waals surface area contributed by atoms with Crippen molar-refractivity contribution in [2.45, 2.75) is 6.54 Å². The maximum absolute atomic E-state index is 9.20. The lowest BCUT2D eigenvalue weighted by Gasteiger charge is -2.11. The third-order valence-electron chi connectivity index (χ3n) is 2.53. The van der Waals surface area contributed by atoms with Crippen molar-refractivity contribution in [3.63, 3.8) is 0 Å². The first kappa shape index (κ1) is 16.1. The summed E-state index contributed by atoms with van der Waals surface area (Å²) >= 11 is 6.85. The molecule has 2 aromatic carbocycles. The average molecular weight is 409 g/mol. The van der Waals surface area contributed by atoms with E-state index in [4.69, 9.17) is 5.73 Å². The first-order chi connectivity index (χ1) is 8.56. The van der Waals surface area contributed by atoms with Crippen LogP contribution in [0.25, 0.3) is 0 Å². The molecular formula is C13H13Br2ClN2O. The molecule has 0 heterocycles. The number of nitrogens with one attached hydrogen (secondary N) is 1. The van der Waals surface area contributed by atoms with Gasteiger partial charge in [0.25, 0.3) is 0 Å². The fourth-order valence-electron chi connectivity index (χ4n) is 1.56. The lowest BCUT2D eigenvalue weighted by Crippen LogP contribution is -2.03. The van der Waals surface area contributed by atoms with E-state index < -0.39 is 0 Å². The summed E-state index contributed by atoms with van der Waals surface area (Å²) in [6.45, 7) is 0.620. The topological polar surface area (TPSA) is 58.3 Å². The van der Waals surface area contributed by atoms with Crippen LogP contribution in [0.3, 0.4) is 0 Å². The van der Waals surface area contributed by atoms with Crippen molar-refractivity contribution in [2.75, 3.05) is 11.1 Å². The number of nitrogen functional groups attached to an aromatic ring is 1. The molecule has 0 aliphatic heterocycles. The molecule has 2 aromatic rings. The van der Waals surface area contributed by atoms with E-state index in [-0.39, 0.29) is 18.2 Å². The Labute approximate surface area is 134 Å². The number of nitrogens with two attached hydrogens (primary N) is 1. The van der Waals surface area contributed by atoms with Gasteiger partial charge < -0.3 is 16.2 Å². The third-order valence-corrected chi connectivity index (χ3v) is 3.64. The molecule has 2 rings (SSSR count). The largest absolute Gasteiger partial charge is 0.508 e. The van der Waals surface area contributed by atoms with Crippen molar-refractivity contribution in [1.82, 2.24) is 0 Å². The Hall–Kier alpha value is -0.910. The van der Waals surface area contributed by atoms with Crippen molar-refractivity contribution in [2.24, 2.45) is 0 Å². The van der Waals surface area contributed by atoms with Gasteiger partial charge >= 0.3 is 0 Å². The molecular weight excluding hydrogens is 395 g/mol. The van der Waals surface area contributed by atoms with Crippen LogP contribution in [-0.4, -0.2) is 5.11 Å². The molecule has 0 bridgehead atoms. The fourth-order valence-corrected chi connectivity index (χ4v) is 2.87. The highest BCUT2D eigenvalue weighted by atomic mass is 79.9. The molecule has 3 nitrogen and oxygen atoms in total. The predicted molar refractivity (Wildman–Crippen MR) is 88.9 cm³/mol. The zero-order chi connectivity index (χ0) is 13.1. The number of halogens is 3. The van der Waals surface area contributed by atoms with Crippen molar-refractivity contribution in [3.05, 3.63) is 50.9 Å². The van der Waals surface area contributed by atoms with E-state index >= 15 is 0 Å². The molecule has 0 spiro atoms. The zero-order valence-corrected chi connectivity index (χ0v) is 13.8. The lowest BCUT2D eigenvalue weighted by molar-refractivity contribution is 0.475. The molecule has 0 unspecified atom stereocenters. The molecule has 0 aromatic heterocycles. The molecule has 0 aliphatic rings. The van der Waals surface area contributed by atoms with Gasteiger partial charge in [-0.25, -0.2) is 0 Å². The molecule has 0 fully saturated rings. The molecule has 0 radical (unpaired) electrons. The van der Waals surface area contributed by atoms with E-state index in [0.717, 1.165) is 25.9 Å². The molecule has 4 N–H and O–H groups in total. The van der Waals surface area contributed by atoms with E-state index in [2.05, 4.69) is 37.2 Å². The van der Waals surface area contributed by atoms with Crippen LogP contribution >= 0.6 is 44.3 Å². The van der Waals surface area contributed by atoms with Crippen LogP contribution in [0.15, 0.2) is 45.3 Å². The van der Waals surface area contributed by atoms with Gasteiger partial charge in [0.15, 0.2) is 0 Å². The number of hydrogen-bond donors (Lipinski definition) is 3. The molecule has 0 atom stereocenters. The molecule has 0 amide bonds. The van der Waals surface area contributed by atoms with Gasteiger partial charge in [-0.3, -0.25) is 0 Å². The second-order valence-corrected chi connectivity index (χ2v) is 5.63. The van der Waals surface area contributed by atoms with Crippen LogP contribution in [0.2, 0.25) is 0 Å². The number of rotatable bonds is 3. The maximum Gasteiger partial charge on any atom is 0.115 e. The Bertz CT molecular complexity index is 561. The molecule has 102 valence electrons. The number of phenolic OH excluding ortho intramolecular Hbond substituents is 1. The monoisotopic (exact) mass is 406 g/mol. The first-order valence-corrected chi connectivity index (χ1v) is 6.91. The van der Waals surface area contributed by atoms with Gasteiger partial charge in [0.1, 0.15) is 5.75 Å². The highest BCUT2D eigenvalue weighted by molar-refractivity contribution is 9.11. The van der Waals surface area contributed by atoms with Crippen molar-refractivity contribution in [3.8, 4) is 5.75 Å². The Morgan fingerprint density at radius 3 is 2.37 bits per heavy atom. The summed E-state index contributed by atoms with van der Waals surface area (Å²) in [5.41, 5.74) is 8.66. The smallest absolute Gasteiger partial charge is 0.115 e. The van der Waals surface area contributed by atoms with E-state index in [1.54, 1.807) is 12.1 Å². The van der Waals surface area contributed by atoms with E-state index in [0.29, 0.717) is 6.54 Å². The second kappa shape index (κ2) is 7.03. The number of hydrogen-bond acceptors (Lipinski definition) is 3. The van der Waals surface area contributed by atoms with Gasteiger partial charge in [0, 0.05) is 21.2 Å². The van der Waals surface area contributed by atoms with Crippen molar-refractivity contribution >= 4 is 55.6 Å². The highest BCUT2D eigenvalue weighted by Gasteiger charge is 2.05. The Morgan fingerprint density at radius 1 is 1.11 bits per heavy atom. The van der Waals surface area contributed by atoms with Gasteiger partial charge in [-0.05, 0) is 57.9 Å². The number of anilines is 2. The Morgan fingerprint density at radius 2 is 1.74 bits per heavy atom. The molecule has 19 heavy (non-hydrogen) atoms. The van der Waals surface area contributed by atoms with E-state index in [9.17, 15) is 5.11 Å².